The third-order valence-corrected chi connectivity index (χ3v) is 6.53. The molecule has 0 atom stereocenters. The summed E-state index contributed by atoms with van der Waals surface area (Å²) in [6.45, 7) is 11.8. The molecule has 1 aliphatic heterocycles. The number of benzene rings is 1. The van der Waals surface area contributed by atoms with E-state index in [4.69, 9.17) is 4.74 Å². The Kier molecular flexibility index (Phi) is 8.14. The van der Waals surface area contributed by atoms with E-state index >= 15 is 0 Å². The molecule has 3 aromatic rings. The van der Waals surface area contributed by atoms with Gasteiger partial charge in [0.25, 0.3) is 0 Å². The van der Waals surface area contributed by atoms with Crippen LogP contribution in [0.4, 0.5) is 16.2 Å². The van der Waals surface area contributed by atoms with E-state index in [9.17, 15) is 10.1 Å². The number of hydrogen-bond acceptors (Lipinski definition) is 6. The number of aryl methyl sites for hydroxylation is 1. The third kappa shape index (κ3) is 6.69. The monoisotopic (exact) mass is 500 g/mol. The molecular formula is C29H36N6O2. The summed E-state index contributed by atoms with van der Waals surface area (Å²) in [7, 11) is 0. The molecule has 1 amide bonds. The van der Waals surface area contributed by atoms with Crippen LogP contribution in [-0.2, 0) is 4.74 Å². The number of rotatable bonds is 7. The lowest BCUT2D eigenvalue weighted by molar-refractivity contribution is 0.0145. The maximum Gasteiger partial charge on any atom is 0.410 e. The van der Waals surface area contributed by atoms with Crippen molar-refractivity contribution in [2.24, 2.45) is 0 Å². The normalized spacial score (nSPS) is 14.7. The zero-order chi connectivity index (χ0) is 26.4. The van der Waals surface area contributed by atoms with Crippen LogP contribution >= 0.6 is 0 Å². The van der Waals surface area contributed by atoms with Crippen LogP contribution in [0.15, 0.2) is 42.9 Å². The zero-order valence-corrected chi connectivity index (χ0v) is 22.2. The minimum atomic E-state index is -0.465. The van der Waals surface area contributed by atoms with Crippen LogP contribution in [0, 0.1) is 18.3 Å². The predicted octanol–water partition coefficient (Wildman–Crippen LogP) is 5.83. The number of aromatic nitrogens is 2. The number of piperazine rings is 1. The van der Waals surface area contributed by atoms with E-state index in [0.29, 0.717) is 18.7 Å². The average molecular weight is 501 g/mol. The number of anilines is 2. The predicted molar refractivity (Wildman–Crippen MR) is 148 cm³/mol. The fourth-order valence-corrected chi connectivity index (χ4v) is 4.50. The highest BCUT2D eigenvalue weighted by Gasteiger charge is 2.25. The van der Waals surface area contributed by atoms with Crippen LogP contribution in [0.2, 0.25) is 0 Å². The van der Waals surface area contributed by atoms with Crippen molar-refractivity contribution in [3.05, 3.63) is 59.6 Å². The molecule has 8 heteroatoms. The molecule has 4 rings (SSSR count). The van der Waals surface area contributed by atoms with Crippen molar-refractivity contribution in [1.29, 1.82) is 5.26 Å². The van der Waals surface area contributed by atoms with Gasteiger partial charge in [0.1, 0.15) is 11.7 Å². The topological polar surface area (TPSA) is 97.3 Å². The number of H-pyrrole nitrogens is 1. The first-order valence-electron chi connectivity index (χ1n) is 12.8. The van der Waals surface area contributed by atoms with Crippen molar-refractivity contribution in [1.82, 2.24) is 19.8 Å². The van der Waals surface area contributed by atoms with E-state index in [0.717, 1.165) is 65.9 Å². The van der Waals surface area contributed by atoms with E-state index in [-0.39, 0.29) is 6.09 Å². The minimum absolute atomic E-state index is 0.226. The number of carbonyl (C=O) groups is 1. The molecule has 1 aliphatic rings. The average Bonchev–Trinajstić information content (AvgIpc) is 3.35. The Labute approximate surface area is 218 Å². The first-order valence-corrected chi connectivity index (χ1v) is 12.8. The summed E-state index contributed by atoms with van der Waals surface area (Å²) in [6.07, 6.45) is 11.2. The smallest absolute Gasteiger partial charge is 0.410 e. The molecular weight excluding hydrogens is 464 g/mol. The van der Waals surface area contributed by atoms with Crippen LogP contribution in [-0.4, -0.2) is 64.2 Å². The fourth-order valence-electron chi connectivity index (χ4n) is 4.50. The Morgan fingerprint density at radius 2 is 2.00 bits per heavy atom. The molecule has 2 N–H and O–H groups in total. The van der Waals surface area contributed by atoms with E-state index in [1.54, 1.807) is 17.3 Å². The van der Waals surface area contributed by atoms with Crippen LogP contribution in [0.3, 0.4) is 0 Å². The Bertz CT molecular complexity index is 1310. The van der Waals surface area contributed by atoms with Gasteiger partial charge in [0.2, 0.25) is 0 Å². The molecule has 0 saturated carbocycles. The lowest BCUT2D eigenvalue weighted by Gasteiger charge is -2.35. The van der Waals surface area contributed by atoms with E-state index in [1.807, 2.05) is 45.2 Å². The molecule has 0 spiro atoms. The SMILES string of the molecule is Cc1c(Nc2c(C#N)cncc2/C=C/CCCN2CCN(C(=O)OC(C)(C)C)CC2)ccc2[nH]ccc12. The van der Waals surface area contributed by atoms with Gasteiger partial charge in [-0.05, 0) is 70.8 Å². The number of aromatic amines is 1. The number of nitrogens with zero attached hydrogens (tertiary/aromatic N) is 4. The third-order valence-electron chi connectivity index (χ3n) is 6.53. The number of unbranched alkanes of at least 4 members (excludes halogenated alkanes) is 1. The van der Waals surface area contributed by atoms with Crippen LogP contribution < -0.4 is 5.32 Å². The van der Waals surface area contributed by atoms with Crippen LogP contribution in [0.5, 0.6) is 0 Å². The molecule has 0 aliphatic carbocycles. The van der Waals surface area contributed by atoms with Crippen molar-refractivity contribution < 1.29 is 9.53 Å². The van der Waals surface area contributed by atoms with Gasteiger partial charge >= 0.3 is 6.09 Å². The second kappa shape index (κ2) is 11.5. The van der Waals surface area contributed by atoms with Crippen LogP contribution in [0.25, 0.3) is 17.0 Å². The van der Waals surface area contributed by atoms with Gasteiger partial charge in [-0.2, -0.15) is 5.26 Å². The number of allylic oxidation sites excluding steroid dienone is 1. The number of carbonyl (C=O) groups excluding carboxylic acids is 1. The van der Waals surface area contributed by atoms with Crippen molar-refractivity contribution in [2.45, 2.75) is 46.1 Å². The van der Waals surface area contributed by atoms with Crippen molar-refractivity contribution in [3.8, 4) is 6.07 Å². The molecule has 2 aromatic heterocycles. The van der Waals surface area contributed by atoms with Crippen molar-refractivity contribution >= 4 is 34.4 Å². The molecule has 1 saturated heterocycles. The largest absolute Gasteiger partial charge is 0.444 e. The molecule has 194 valence electrons. The summed E-state index contributed by atoms with van der Waals surface area (Å²) in [4.78, 5) is 23.9. The van der Waals surface area contributed by atoms with Gasteiger partial charge < -0.3 is 19.9 Å². The number of ether oxygens (including phenoxy) is 1. The molecule has 1 aromatic carbocycles. The van der Waals surface area contributed by atoms with Gasteiger partial charge in [0.05, 0.1) is 11.3 Å². The summed E-state index contributed by atoms with van der Waals surface area (Å²) >= 11 is 0. The van der Waals surface area contributed by atoms with Gasteiger partial charge in [-0.25, -0.2) is 4.79 Å². The Morgan fingerprint density at radius 3 is 2.73 bits per heavy atom. The number of fused-ring (bicyclic) bond motifs is 1. The summed E-state index contributed by atoms with van der Waals surface area (Å²) in [6, 6.07) is 8.40. The molecule has 0 unspecified atom stereocenters. The van der Waals surface area contributed by atoms with Gasteiger partial charge in [-0.15, -0.1) is 0 Å². The molecule has 0 bridgehead atoms. The maximum absolute atomic E-state index is 12.3. The first-order chi connectivity index (χ1) is 17.7. The number of hydrogen-bond donors (Lipinski definition) is 2. The highest BCUT2D eigenvalue weighted by Crippen LogP contribution is 2.31. The first kappa shape index (κ1) is 26.2. The molecule has 37 heavy (non-hydrogen) atoms. The van der Waals surface area contributed by atoms with E-state index < -0.39 is 5.60 Å². The van der Waals surface area contributed by atoms with Gasteiger partial charge in [0.15, 0.2) is 0 Å². The highest BCUT2D eigenvalue weighted by molar-refractivity contribution is 5.89. The quantitative estimate of drug-likeness (QED) is 0.396. The van der Waals surface area contributed by atoms with Crippen LogP contribution in [0.1, 0.15) is 50.3 Å². The van der Waals surface area contributed by atoms with Gasteiger partial charge in [-0.3, -0.25) is 9.88 Å². The van der Waals surface area contributed by atoms with Gasteiger partial charge in [-0.1, -0.05) is 12.2 Å². The fraction of sp³-hybridized carbons (Fsp3) is 0.414. The van der Waals surface area contributed by atoms with Crippen molar-refractivity contribution in [2.75, 3.05) is 38.0 Å². The summed E-state index contributed by atoms with van der Waals surface area (Å²) in [5, 5.41) is 14.3. The second-order valence-corrected chi connectivity index (χ2v) is 10.4. The molecule has 3 heterocycles. The van der Waals surface area contributed by atoms with Crippen molar-refractivity contribution in [3.63, 3.8) is 0 Å². The molecule has 1 fully saturated rings. The minimum Gasteiger partial charge on any atom is -0.444 e. The number of pyridine rings is 1. The molecule has 8 nitrogen and oxygen atoms in total. The number of nitrogens with one attached hydrogen (secondary N) is 2. The highest BCUT2D eigenvalue weighted by atomic mass is 16.6. The summed E-state index contributed by atoms with van der Waals surface area (Å²) < 4.78 is 5.48. The maximum atomic E-state index is 12.3. The zero-order valence-electron chi connectivity index (χ0n) is 22.2. The lowest BCUT2D eigenvalue weighted by Crippen LogP contribution is -2.50. The molecule has 0 radical (unpaired) electrons. The Morgan fingerprint density at radius 1 is 1.22 bits per heavy atom. The Hall–Kier alpha value is -3.83. The van der Waals surface area contributed by atoms with E-state index in [1.165, 1.54) is 0 Å². The summed E-state index contributed by atoms with van der Waals surface area (Å²) in [5.41, 5.74) is 4.88. The lowest BCUT2D eigenvalue weighted by atomic mass is 10.1. The number of nitriles is 1. The van der Waals surface area contributed by atoms with E-state index in [2.05, 4.69) is 45.3 Å². The number of amides is 1. The summed E-state index contributed by atoms with van der Waals surface area (Å²) in [5.74, 6) is 0. The standard InChI is InChI=1S/C29H36N6O2/c1-21-24-11-12-32-26(24)10-9-25(21)33-27-22(19-31-20-23(27)18-30)8-6-5-7-13-34-14-16-35(17-15-34)28(36)37-29(2,3)4/h6,8-12,19-20,32H,5,7,13-17H2,1-4H3,(H,31,33)/b8-6+. The van der Waals surface area contributed by atoms with Gasteiger partial charge in [0, 0.05) is 66.9 Å². The Balaban J connectivity index is 1.32. The second-order valence-electron chi connectivity index (χ2n) is 10.4.